The molecule has 0 amide bonds. The van der Waals surface area contributed by atoms with Gasteiger partial charge in [0.05, 0.1) is 19.3 Å². The minimum absolute atomic E-state index is 0.295. The van der Waals surface area contributed by atoms with Gasteiger partial charge in [0.1, 0.15) is 5.75 Å². The van der Waals surface area contributed by atoms with E-state index in [0.29, 0.717) is 12.2 Å². The number of carbonyl (C=O) groups excluding carboxylic acids is 1. The highest BCUT2D eigenvalue weighted by Gasteiger charge is 2.14. The Hall–Kier alpha value is -2.81. The lowest BCUT2D eigenvalue weighted by molar-refractivity contribution is 0.0526. The monoisotopic (exact) mass is 320 g/mol. The first-order valence-electron chi connectivity index (χ1n) is 8.03. The van der Waals surface area contributed by atoms with Crippen LogP contribution >= 0.6 is 0 Å². The van der Waals surface area contributed by atoms with Gasteiger partial charge in [-0.2, -0.15) is 0 Å². The van der Waals surface area contributed by atoms with Crippen LogP contribution in [0.4, 0.5) is 0 Å². The zero-order valence-corrected chi connectivity index (χ0v) is 13.9. The van der Waals surface area contributed by atoms with E-state index in [1.165, 1.54) is 5.56 Å². The minimum atomic E-state index is -0.295. The van der Waals surface area contributed by atoms with Gasteiger partial charge in [0.2, 0.25) is 0 Å². The third kappa shape index (κ3) is 3.25. The summed E-state index contributed by atoms with van der Waals surface area (Å²) in [5.74, 6) is 0.519. The average Bonchev–Trinajstić information content (AvgIpc) is 2.62. The standard InChI is InChI=1S/C21H20O3/c1-3-24-21(22)18-13-16-10-7-11-19(23-2)20(16)17(14-18)12-15-8-5-4-6-9-15/h4-11,13-14H,3,12H2,1-2H3. The van der Waals surface area contributed by atoms with Gasteiger partial charge in [-0.15, -0.1) is 0 Å². The fourth-order valence-corrected chi connectivity index (χ4v) is 2.94. The number of hydrogen-bond donors (Lipinski definition) is 0. The van der Waals surface area contributed by atoms with E-state index in [4.69, 9.17) is 9.47 Å². The zero-order chi connectivity index (χ0) is 16.9. The number of fused-ring (bicyclic) bond motifs is 1. The molecule has 3 nitrogen and oxygen atoms in total. The third-order valence-electron chi connectivity index (χ3n) is 3.99. The van der Waals surface area contributed by atoms with Crippen LogP contribution in [-0.2, 0) is 11.2 Å². The highest BCUT2D eigenvalue weighted by molar-refractivity contribution is 5.99. The highest BCUT2D eigenvalue weighted by Crippen LogP contribution is 2.32. The Morgan fingerprint density at radius 3 is 2.50 bits per heavy atom. The Balaban J connectivity index is 2.16. The maximum Gasteiger partial charge on any atom is 0.338 e. The molecule has 0 aliphatic carbocycles. The largest absolute Gasteiger partial charge is 0.496 e. The minimum Gasteiger partial charge on any atom is -0.496 e. The molecule has 3 rings (SSSR count). The van der Waals surface area contributed by atoms with Crippen molar-refractivity contribution in [1.29, 1.82) is 0 Å². The van der Waals surface area contributed by atoms with E-state index >= 15 is 0 Å². The van der Waals surface area contributed by atoms with Crippen LogP contribution in [0.25, 0.3) is 10.8 Å². The fraction of sp³-hybridized carbons (Fsp3) is 0.190. The van der Waals surface area contributed by atoms with Crippen molar-refractivity contribution in [2.24, 2.45) is 0 Å². The van der Waals surface area contributed by atoms with Gasteiger partial charge >= 0.3 is 5.97 Å². The number of rotatable bonds is 5. The molecule has 0 saturated heterocycles. The topological polar surface area (TPSA) is 35.5 Å². The normalized spacial score (nSPS) is 10.6. The molecular formula is C21H20O3. The smallest absolute Gasteiger partial charge is 0.338 e. The van der Waals surface area contributed by atoms with E-state index in [1.54, 1.807) is 7.11 Å². The van der Waals surface area contributed by atoms with Crippen molar-refractivity contribution in [2.75, 3.05) is 13.7 Å². The van der Waals surface area contributed by atoms with Gasteiger partial charge in [0, 0.05) is 5.39 Å². The molecule has 0 saturated carbocycles. The van der Waals surface area contributed by atoms with Crippen molar-refractivity contribution in [3.8, 4) is 5.75 Å². The molecule has 0 aromatic heterocycles. The van der Waals surface area contributed by atoms with Crippen LogP contribution in [0.2, 0.25) is 0 Å². The third-order valence-corrected chi connectivity index (χ3v) is 3.99. The lowest BCUT2D eigenvalue weighted by atomic mass is 9.95. The molecule has 0 heterocycles. The lowest BCUT2D eigenvalue weighted by Crippen LogP contribution is -2.06. The molecule has 0 aliphatic rings. The predicted molar refractivity (Wildman–Crippen MR) is 95.7 cm³/mol. The Kier molecular flexibility index (Phi) is 4.80. The first-order valence-corrected chi connectivity index (χ1v) is 8.03. The molecule has 3 aromatic carbocycles. The van der Waals surface area contributed by atoms with E-state index in [0.717, 1.165) is 28.5 Å². The molecule has 0 atom stereocenters. The SMILES string of the molecule is CCOC(=O)c1cc(Cc2ccccc2)c2c(OC)cccc2c1. The molecule has 3 heteroatoms. The number of benzene rings is 3. The Bertz CT molecular complexity index is 854. The van der Waals surface area contributed by atoms with Gasteiger partial charge in [0.25, 0.3) is 0 Å². The van der Waals surface area contributed by atoms with Crippen molar-refractivity contribution < 1.29 is 14.3 Å². The number of hydrogen-bond acceptors (Lipinski definition) is 3. The van der Waals surface area contributed by atoms with E-state index in [1.807, 2.05) is 55.5 Å². The van der Waals surface area contributed by atoms with Crippen LogP contribution in [-0.4, -0.2) is 19.7 Å². The molecule has 0 N–H and O–H groups in total. The summed E-state index contributed by atoms with van der Waals surface area (Å²) >= 11 is 0. The maximum absolute atomic E-state index is 12.2. The molecule has 3 aromatic rings. The Labute approximate surface area is 141 Å². The summed E-state index contributed by atoms with van der Waals surface area (Å²) in [5, 5.41) is 2.02. The van der Waals surface area contributed by atoms with E-state index in [2.05, 4.69) is 12.1 Å². The van der Waals surface area contributed by atoms with Crippen LogP contribution in [0.5, 0.6) is 5.75 Å². The van der Waals surface area contributed by atoms with Crippen molar-refractivity contribution in [1.82, 2.24) is 0 Å². The molecule has 0 radical (unpaired) electrons. The summed E-state index contributed by atoms with van der Waals surface area (Å²) in [6.07, 6.45) is 0.727. The highest BCUT2D eigenvalue weighted by atomic mass is 16.5. The molecule has 0 fully saturated rings. The summed E-state index contributed by atoms with van der Waals surface area (Å²) in [6, 6.07) is 19.8. The van der Waals surface area contributed by atoms with Gasteiger partial charge in [-0.3, -0.25) is 0 Å². The number of carbonyl (C=O) groups is 1. The van der Waals surface area contributed by atoms with Crippen molar-refractivity contribution in [3.63, 3.8) is 0 Å². The molecule has 0 unspecified atom stereocenters. The van der Waals surface area contributed by atoms with Gasteiger partial charge < -0.3 is 9.47 Å². The maximum atomic E-state index is 12.2. The van der Waals surface area contributed by atoms with Crippen molar-refractivity contribution in [2.45, 2.75) is 13.3 Å². The van der Waals surface area contributed by atoms with E-state index in [9.17, 15) is 4.79 Å². The van der Waals surface area contributed by atoms with Gasteiger partial charge in [0.15, 0.2) is 0 Å². The van der Waals surface area contributed by atoms with Crippen LogP contribution in [0.3, 0.4) is 0 Å². The van der Waals surface area contributed by atoms with Crippen molar-refractivity contribution >= 4 is 16.7 Å². The van der Waals surface area contributed by atoms with E-state index in [-0.39, 0.29) is 5.97 Å². The van der Waals surface area contributed by atoms with E-state index < -0.39 is 0 Å². The van der Waals surface area contributed by atoms with Crippen LogP contribution in [0.15, 0.2) is 60.7 Å². The summed E-state index contributed by atoms with van der Waals surface area (Å²) < 4.78 is 10.7. The lowest BCUT2D eigenvalue weighted by Gasteiger charge is -2.13. The zero-order valence-electron chi connectivity index (χ0n) is 13.9. The second-order valence-electron chi connectivity index (χ2n) is 5.58. The predicted octanol–water partition coefficient (Wildman–Crippen LogP) is 4.62. The fourth-order valence-electron chi connectivity index (χ4n) is 2.94. The Morgan fingerprint density at radius 2 is 1.79 bits per heavy atom. The average molecular weight is 320 g/mol. The van der Waals surface area contributed by atoms with Crippen LogP contribution in [0, 0.1) is 0 Å². The first kappa shape index (κ1) is 16.1. The summed E-state index contributed by atoms with van der Waals surface area (Å²) in [7, 11) is 1.67. The molecule has 24 heavy (non-hydrogen) atoms. The summed E-state index contributed by atoms with van der Waals surface area (Å²) in [4.78, 5) is 12.2. The quantitative estimate of drug-likeness (QED) is 0.644. The first-order chi connectivity index (χ1) is 11.7. The number of esters is 1. The van der Waals surface area contributed by atoms with Gasteiger partial charge in [-0.1, -0.05) is 42.5 Å². The Morgan fingerprint density at radius 1 is 1.00 bits per heavy atom. The molecule has 0 bridgehead atoms. The molecular weight excluding hydrogens is 300 g/mol. The summed E-state index contributed by atoms with van der Waals surface area (Å²) in [6.45, 7) is 2.18. The second-order valence-corrected chi connectivity index (χ2v) is 5.58. The molecule has 122 valence electrons. The second kappa shape index (κ2) is 7.18. The molecule has 0 aliphatic heterocycles. The number of methoxy groups -OCH3 is 1. The number of ether oxygens (including phenoxy) is 2. The summed E-state index contributed by atoms with van der Waals surface area (Å²) in [5.41, 5.74) is 2.81. The van der Waals surface area contributed by atoms with Gasteiger partial charge in [-0.25, -0.2) is 4.79 Å². The van der Waals surface area contributed by atoms with Crippen LogP contribution in [0.1, 0.15) is 28.4 Å². The van der Waals surface area contributed by atoms with Crippen molar-refractivity contribution in [3.05, 3.63) is 77.4 Å². The molecule has 0 spiro atoms. The van der Waals surface area contributed by atoms with Gasteiger partial charge in [-0.05, 0) is 48.1 Å². The van der Waals surface area contributed by atoms with Crippen LogP contribution < -0.4 is 4.74 Å².